The zero-order chi connectivity index (χ0) is 17.7. The molecule has 2 N–H and O–H groups in total. The number of hydrogen-bond acceptors (Lipinski definition) is 7. The molecule has 1 amide bonds. The van der Waals surface area contributed by atoms with Crippen LogP contribution in [0.5, 0.6) is 17.2 Å². The zero-order valence-electron chi connectivity index (χ0n) is 14.3. The molecule has 130 valence electrons. The summed E-state index contributed by atoms with van der Waals surface area (Å²) < 4.78 is 20.8. The number of rotatable bonds is 7. The topological polar surface area (TPSA) is 94.9 Å². The highest BCUT2D eigenvalue weighted by Gasteiger charge is 2.18. The van der Waals surface area contributed by atoms with E-state index >= 15 is 0 Å². The monoisotopic (exact) mass is 335 g/mol. The van der Waals surface area contributed by atoms with Gasteiger partial charge < -0.3 is 29.4 Å². The van der Waals surface area contributed by atoms with Gasteiger partial charge >= 0.3 is 0 Å². The average molecular weight is 335 g/mol. The van der Waals surface area contributed by atoms with Gasteiger partial charge in [0.25, 0.3) is 0 Å². The molecule has 24 heavy (non-hydrogen) atoms. The number of carbonyl (C=O) groups is 1. The quantitative estimate of drug-likeness (QED) is 0.802. The van der Waals surface area contributed by atoms with E-state index in [1.54, 1.807) is 32.0 Å². The van der Waals surface area contributed by atoms with Crippen LogP contribution in [0.1, 0.15) is 12.7 Å². The van der Waals surface area contributed by atoms with Crippen LogP contribution in [0.25, 0.3) is 0 Å². The van der Waals surface area contributed by atoms with E-state index in [1.807, 2.05) is 0 Å². The third-order valence-corrected chi connectivity index (χ3v) is 3.32. The molecular formula is C16H21N3O5. The Hall–Kier alpha value is -2.90. The third-order valence-electron chi connectivity index (χ3n) is 3.32. The van der Waals surface area contributed by atoms with Crippen LogP contribution in [0.15, 0.2) is 22.7 Å². The third kappa shape index (κ3) is 3.89. The molecule has 0 radical (unpaired) electrons. The Balaban J connectivity index is 2.12. The summed E-state index contributed by atoms with van der Waals surface area (Å²) in [7, 11) is 4.59. The van der Waals surface area contributed by atoms with E-state index in [9.17, 15) is 4.79 Å². The molecule has 0 saturated carbocycles. The van der Waals surface area contributed by atoms with Crippen molar-refractivity contribution in [2.24, 2.45) is 0 Å². The van der Waals surface area contributed by atoms with Gasteiger partial charge in [0.1, 0.15) is 11.8 Å². The number of benzene rings is 1. The Morgan fingerprint density at radius 1 is 1.12 bits per heavy atom. The van der Waals surface area contributed by atoms with Gasteiger partial charge in [0, 0.05) is 23.9 Å². The Labute approximate surface area is 140 Å². The Bertz CT molecular complexity index is 688. The lowest BCUT2D eigenvalue weighted by Crippen LogP contribution is -2.32. The minimum atomic E-state index is -0.523. The summed E-state index contributed by atoms with van der Waals surface area (Å²) in [6, 6.07) is 4.57. The lowest BCUT2D eigenvalue weighted by molar-refractivity contribution is -0.116. The molecule has 1 aromatic heterocycles. The fraction of sp³-hybridized carbons (Fsp3) is 0.375. The first-order valence-electron chi connectivity index (χ1n) is 7.29. The number of nitrogens with one attached hydrogen (secondary N) is 2. The van der Waals surface area contributed by atoms with Crippen LogP contribution < -0.4 is 24.8 Å². The molecule has 1 atom stereocenters. The zero-order valence-corrected chi connectivity index (χ0v) is 14.3. The predicted molar refractivity (Wildman–Crippen MR) is 89.1 cm³/mol. The Morgan fingerprint density at radius 3 is 2.21 bits per heavy atom. The highest BCUT2D eigenvalue weighted by molar-refractivity contribution is 5.95. The molecule has 0 bridgehead atoms. The van der Waals surface area contributed by atoms with Gasteiger partial charge in [0.05, 0.1) is 21.3 Å². The van der Waals surface area contributed by atoms with Gasteiger partial charge in [-0.2, -0.15) is 0 Å². The summed E-state index contributed by atoms with van der Waals surface area (Å²) in [4.78, 5) is 12.2. The van der Waals surface area contributed by atoms with E-state index in [1.165, 1.54) is 21.3 Å². The number of hydrogen-bond donors (Lipinski definition) is 2. The maximum Gasteiger partial charge on any atom is 0.247 e. The summed E-state index contributed by atoms with van der Waals surface area (Å²) >= 11 is 0. The summed E-state index contributed by atoms with van der Waals surface area (Å²) in [5.74, 6) is 2.22. The van der Waals surface area contributed by atoms with Crippen LogP contribution in [-0.2, 0) is 4.79 Å². The van der Waals surface area contributed by atoms with Crippen molar-refractivity contribution < 1.29 is 23.5 Å². The predicted octanol–water partition coefficient (Wildman–Crippen LogP) is 2.45. The standard InChI is InChI=1S/C16H21N3O5/c1-9-6-14(19-24-9)18-16(20)10(2)17-11-7-12(21-3)15(23-5)13(8-11)22-4/h6-8,10,17H,1-5H3,(H,18,19,20)/t10-/m1/s1. The first-order valence-corrected chi connectivity index (χ1v) is 7.29. The van der Waals surface area contributed by atoms with Crippen molar-refractivity contribution in [3.8, 4) is 17.2 Å². The van der Waals surface area contributed by atoms with E-state index < -0.39 is 6.04 Å². The van der Waals surface area contributed by atoms with Gasteiger partial charge in [-0.25, -0.2) is 0 Å². The summed E-state index contributed by atoms with van der Waals surface area (Å²) in [6.45, 7) is 3.48. The number of nitrogens with zero attached hydrogens (tertiary/aromatic N) is 1. The molecule has 0 unspecified atom stereocenters. The van der Waals surface area contributed by atoms with E-state index in [2.05, 4.69) is 15.8 Å². The second-order valence-electron chi connectivity index (χ2n) is 5.09. The smallest absolute Gasteiger partial charge is 0.247 e. The molecule has 8 heteroatoms. The van der Waals surface area contributed by atoms with Gasteiger partial charge in [0.2, 0.25) is 11.7 Å². The molecular weight excluding hydrogens is 314 g/mol. The van der Waals surface area contributed by atoms with Crippen LogP contribution >= 0.6 is 0 Å². The van der Waals surface area contributed by atoms with Crippen molar-refractivity contribution >= 4 is 17.4 Å². The molecule has 2 aromatic rings. The van der Waals surface area contributed by atoms with Gasteiger partial charge in [-0.05, 0) is 13.8 Å². The highest BCUT2D eigenvalue weighted by Crippen LogP contribution is 2.40. The average Bonchev–Trinajstić information content (AvgIpc) is 2.98. The van der Waals surface area contributed by atoms with Crippen LogP contribution in [0.4, 0.5) is 11.5 Å². The van der Waals surface area contributed by atoms with Crippen LogP contribution in [0, 0.1) is 6.92 Å². The first-order chi connectivity index (χ1) is 11.5. The highest BCUT2D eigenvalue weighted by atomic mass is 16.5. The fourth-order valence-electron chi connectivity index (χ4n) is 2.14. The van der Waals surface area contributed by atoms with Crippen molar-refractivity contribution in [1.29, 1.82) is 0 Å². The molecule has 0 aliphatic rings. The molecule has 0 saturated heterocycles. The van der Waals surface area contributed by atoms with Gasteiger partial charge in [-0.1, -0.05) is 5.16 Å². The normalized spacial score (nSPS) is 11.5. The van der Waals surface area contributed by atoms with Gasteiger partial charge in [0.15, 0.2) is 17.3 Å². The SMILES string of the molecule is COc1cc(N[C@H](C)C(=O)Nc2cc(C)on2)cc(OC)c1OC. The molecule has 0 aliphatic heterocycles. The molecule has 0 spiro atoms. The van der Waals surface area contributed by atoms with Crippen molar-refractivity contribution in [3.63, 3.8) is 0 Å². The molecule has 8 nitrogen and oxygen atoms in total. The maximum atomic E-state index is 12.2. The molecule has 1 aromatic carbocycles. The number of ether oxygens (including phenoxy) is 3. The first kappa shape index (κ1) is 17.5. The number of aryl methyl sites for hydroxylation is 1. The van der Waals surface area contributed by atoms with Gasteiger partial charge in [-0.15, -0.1) is 0 Å². The molecule has 0 aliphatic carbocycles. The van der Waals surface area contributed by atoms with Crippen molar-refractivity contribution in [3.05, 3.63) is 24.0 Å². The lowest BCUT2D eigenvalue weighted by Gasteiger charge is -2.18. The van der Waals surface area contributed by atoms with Gasteiger partial charge in [-0.3, -0.25) is 4.79 Å². The number of methoxy groups -OCH3 is 3. The van der Waals surface area contributed by atoms with E-state index in [0.29, 0.717) is 34.5 Å². The minimum Gasteiger partial charge on any atom is -0.493 e. The van der Waals surface area contributed by atoms with Crippen LogP contribution in [0.2, 0.25) is 0 Å². The lowest BCUT2D eigenvalue weighted by atomic mass is 10.2. The largest absolute Gasteiger partial charge is 0.493 e. The summed E-state index contributed by atoms with van der Waals surface area (Å²) in [6.07, 6.45) is 0. The molecule has 0 fully saturated rings. The molecule has 1 heterocycles. The second-order valence-corrected chi connectivity index (χ2v) is 5.09. The number of aromatic nitrogens is 1. The summed E-state index contributed by atoms with van der Waals surface area (Å²) in [5, 5.41) is 9.48. The molecule has 2 rings (SSSR count). The van der Waals surface area contributed by atoms with Crippen molar-refractivity contribution in [2.45, 2.75) is 19.9 Å². The van der Waals surface area contributed by atoms with Crippen molar-refractivity contribution in [1.82, 2.24) is 5.16 Å². The van der Waals surface area contributed by atoms with E-state index in [4.69, 9.17) is 18.7 Å². The summed E-state index contributed by atoms with van der Waals surface area (Å²) in [5.41, 5.74) is 0.656. The fourth-order valence-corrected chi connectivity index (χ4v) is 2.14. The van der Waals surface area contributed by atoms with E-state index in [-0.39, 0.29) is 5.91 Å². The number of carbonyl (C=O) groups excluding carboxylic acids is 1. The maximum absolute atomic E-state index is 12.2. The van der Waals surface area contributed by atoms with E-state index in [0.717, 1.165) is 0 Å². The van der Waals surface area contributed by atoms with Crippen LogP contribution in [0.3, 0.4) is 0 Å². The number of amides is 1. The van der Waals surface area contributed by atoms with Crippen LogP contribution in [-0.4, -0.2) is 38.4 Å². The number of anilines is 2. The second kappa shape index (κ2) is 7.58. The Morgan fingerprint density at radius 2 is 1.75 bits per heavy atom. The van der Waals surface area contributed by atoms with Crippen molar-refractivity contribution in [2.75, 3.05) is 32.0 Å². The Kier molecular flexibility index (Phi) is 5.51. The minimum absolute atomic E-state index is 0.253.